The number of rotatable bonds is 6. The number of esters is 1. The van der Waals surface area contributed by atoms with Gasteiger partial charge in [-0.1, -0.05) is 11.6 Å². The molecule has 1 saturated heterocycles. The van der Waals surface area contributed by atoms with Crippen molar-refractivity contribution in [2.45, 2.75) is 24.3 Å². The predicted molar refractivity (Wildman–Crippen MR) is 118 cm³/mol. The molecular formula is C22H20ClNO7S. The van der Waals surface area contributed by atoms with E-state index in [9.17, 15) is 18.0 Å². The van der Waals surface area contributed by atoms with E-state index in [2.05, 4.69) is 0 Å². The first-order valence-corrected chi connectivity index (χ1v) is 11.7. The Balaban J connectivity index is 1.58. The van der Waals surface area contributed by atoms with Crippen molar-refractivity contribution in [1.29, 1.82) is 0 Å². The van der Waals surface area contributed by atoms with E-state index in [1.165, 1.54) is 35.7 Å². The monoisotopic (exact) mass is 477 g/mol. The SMILES string of the molecule is COc1ccc2c(COC(=O)c3ccc(Cl)c(S(=O)(=O)N4CCCC4)c3)cc(=O)oc2c1. The second-order valence-electron chi connectivity index (χ2n) is 7.29. The molecule has 4 rings (SSSR count). The van der Waals surface area contributed by atoms with Gasteiger partial charge in [-0.15, -0.1) is 0 Å². The van der Waals surface area contributed by atoms with Crippen LogP contribution in [0.5, 0.6) is 5.75 Å². The van der Waals surface area contributed by atoms with Crippen LogP contribution in [0.4, 0.5) is 0 Å². The van der Waals surface area contributed by atoms with Gasteiger partial charge >= 0.3 is 11.6 Å². The van der Waals surface area contributed by atoms with Gasteiger partial charge in [-0.2, -0.15) is 4.31 Å². The van der Waals surface area contributed by atoms with Crippen molar-refractivity contribution in [2.24, 2.45) is 0 Å². The Labute approximate surface area is 189 Å². The van der Waals surface area contributed by atoms with E-state index in [1.54, 1.807) is 18.2 Å². The van der Waals surface area contributed by atoms with Gasteiger partial charge < -0.3 is 13.9 Å². The zero-order valence-corrected chi connectivity index (χ0v) is 18.7. The van der Waals surface area contributed by atoms with E-state index in [1.807, 2.05) is 0 Å². The fraction of sp³-hybridized carbons (Fsp3) is 0.273. The Kier molecular flexibility index (Phi) is 6.23. The quantitative estimate of drug-likeness (QED) is 0.394. The van der Waals surface area contributed by atoms with Crippen LogP contribution < -0.4 is 10.4 Å². The minimum Gasteiger partial charge on any atom is -0.497 e. The number of carbonyl (C=O) groups is 1. The molecule has 0 aliphatic carbocycles. The van der Waals surface area contributed by atoms with E-state index in [0.717, 1.165) is 12.8 Å². The molecule has 8 nitrogen and oxygen atoms in total. The maximum absolute atomic E-state index is 12.9. The molecule has 1 aromatic heterocycles. The fourth-order valence-corrected chi connectivity index (χ4v) is 5.60. The number of fused-ring (bicyclic) bond motifs is 1. The second kappa shape index (κ2) is 8.93. The Morgan fingerprint density at radius 2 is 1.88 bits per heavy atom. The van der Waals surface area contributed by atoms with Gasteiger partial charge in [-0.05, 0) is 43.2 Å². The van der Waals surface area contributed by atoms with Gasteiger partial charge in [0.05, 0.1) is 17.7 Å². The minimum atomic E-state index is -3.81. The van der Waals surface area contributed by atoms with Crippen molar-refractivity contribution in [3.8, 4) is 5.75 Å². The molecule has 0 saturated carbocycles. The Hall–Kier alpha value is -2.88. The first-order chi connectivity index (χ1) is 15.3. The summed E-state index contributed by atoms with van der Waals surface area (Å²) in [6.45, 7) is 0.633. The Morgan fingerprint density at radius 1 is 1.12 bits per heavy atom. The van der Waals surface area contributed by atoms with Gasteiger partial charge in [-0.3, -0.25) is 0 Å². The minimum absolute atomic E-state index is 0.0362. The maximum Gasteiger partial charge on any atom is 0.338 e. The van der Waals surface area contributed by atoms with Gasteiger partial charge in [-0.25, -0.2) is 18.0 Å². The molecule has 0 N–H and O–H groups in total. The van der Waals surface area contributed by atoms with Crippen LogP contribution in [0.25, 0.3) is 11.0 Å². The lowest BCUT2D eigenvalue weighted by Crippen LogP contribution is -2.28. The summed E-state index contributed by atoms with van der Waals surface area (Å²) >= 11 is 6.13. The summed E-state index contributed by atoms with van der Waals surface area (Å²) in [5, 5.41) is 0.626. The van der Waals surface area contributed by atoms with Crippen LogP contribution >= 0.6 is 11.6 Å². The number of sulfonamides is 1. The average Bonchev–Trinajstić information content (AvgIpc) is 3.32. The smallest absolute Gasteiger partial charge is 0.338 e. The highest BCUT2D eigenvalue weighted by atomic mass is 35.5. The van der Waals surface area contributed by atoms with E-state index < -0.39 is 21.6 Å². The van der Waals surface area contributed by atoms with Gasteiger partial charge in [0.2, 0.25) is 10.0 Å². The highest BCUT2D eigenvalue weighted by Crippen LogP contribution is 2.29. The first-order valence-electron chi connectivity index (χ1n) is 9.87. The summed E-state index contributed by atoms with van der Waals surface area (Å²) in [6, 6.07) is 10.2. The zero-order valence-electron chi connectivity index (χ0n) is 17.2. The van der Waals surface area contributed by atoms with Crippen molar-refractivity contribution in [3.05, 3.63) is 69.0 Å². The van der Waals surface area contributed by atoms with Gasteiger partial charge in [0.25, 0.3) is 0 Å². The molecule has 10 heteroatoms. The first kappa shape index (κ1) is 22.3. The van der Waals surface area contributed by atoms with Gasteiger partial charge in [0.1, 0.15) is 22.8 Å². The molecule has 3 aromatic rings. The zero-order chi connectivity index (χ0) is 22.9. The van der Waals surface area contributed by atoms with Crippen molar-refractivity contribution in [1.82, 2.24) is 4.31 Å². The van der Waals surface area contributed by atoms with Crippen LogP contribution in [0, 0.1) is 0 Å². The number of hydrogen-bond donors (Lipinski definition) is 0. The van der Waals surface area contributed by atoms with E-state index in [-0.39, 0.29) is 22.1 Å². The third kappa shape index (κ3) is 4.36. The summed E-state index contributed by atoms with van der Waals surface area (Å²) in [7, 11) is -2.31. The summed E-state index contributed by atoms with van der Waals surface area (Å²) in [6.07, 6.45) is 1.56. The highest BCUT2D eigenvalue weighted by molar-refractivity contribution is 7.89. The molecule has 0 spiro atoms. The standard InChI is InChI=1S/C22H20ClNO7S/c1-29-16-5-6-17-15(11-21(25)31-19(17)12-16)13-30-22(26)14-4-7-18(23)20(10-14)32(27,28)24-8-2-3-9-24/h4-7,10-12H,2-3,8-9,13H2,1H3. The van der Waals surface area contributed by atoms with Crippen LogP contribution in [-0.2, 0) is 21.4 Å². The average molecular weight is 478 g/mol. The lowest BCUT2D eigenvalue weighted by molar-refractivity contribution is 0.0473. The summed E-state index contributed by atoms with van der Waals surface area (Å²) in [5.41, 5.74) is 0.197. The highest BCUT2D eigenvalue weighted by Gasteiger charge is 2.30. The van der Waals surface area contributed by atoms with E-state index in [0.29, 0.717) is 35.4 Å². The molecule has 168 valence electrons. The van der Waals surface area contributed by atoms with Crippen LogP contribution in [0.3, 0.4) is 0 Å². The molecule has 0 atom stereocenters. The van der Waals surface area contributed by atoms with E-state index in [4.69, 9.17) is 25.5 Å². The number of benzene rings is 2. The summed E-state index contributed by atoms with van der Waals surface area (Å²) in [4.78, 5) is 24.4. The molecule has 2 aromatic carbocycles. The molecule has 0 bridgehead atoms. The molecule has 32 heavy (non-hydrogen) atoms. The van der Waals surface area contributed by atoms with Gasteiger partial charge in [0, 0.05) is 36.2 Å². The van der Waals surface area contributed by atoms with E-state index >= 15 is 0 Å². The molecule has 1 fully saturated rings. The predicted octanol–water partition coefficient (Wildman–Crippen LogP) is 3.60. The van der Waals surface area contributed by atoms with Crippen LogP contribution in [0.15, 0.2) is 56.6 Å². The number of methoxy groups -OCH3 is 1. The largest absolute Gasteiger partial charge is 0.497 e. The molecule has 1 aliphatic heterocycles. The lowest BCUT2D eigenvalue weighted by Gasteiger charge is -2.17. The lowest BCUT2D eigenvalue weighted by atomic mass is 10.1. The van der Waals surface area contributed by atoms with Crippen LogP contribution in [0.2, 0.25) is 5.02 Å². The second-order valence-corrected chi connectivity index (χ2v) is 9.60. The van der Waals surface area contributed by atoms with Crippen LogP contribution in [-0.4, -0.2) is 38.9 Å². The van der Waals surface area contributed by atoms with Crippen LogP contribution in [0.1, 0.15) is 28.8 Å². The molecule has 0 amide bonds. The summed E-state index contributed by atoms with van der Waals surface area (Å²) in [5.74, 6) is -0.225. The number of ether oxygens (including phenoxy) is 2. The summed E-state index contributed by atoms with van der Waals surface area (Å²) < 4.78 is 42.8. The molecule has 2 heterocycles. The molecule has 0 radical (unpaired) electrons. The normalized spacial score (nSPS) is 14.6. The number of hydrogen-bond acceptors (Lipinski definition) is 7. The fourth-order valence-electron chi connectivity index (χ4n) is 3.58. The van der Waals surface area contributed by atoms with Crippen molar-refractivity contribution >= 4 is 38.6 Å². The topological polar surface area (TPSA) is 103 Å². The maximum atomic E-state index is 12.9. The Bertz CT molecular complexity index is 1340. The number of nitrogens with zero attached hydrogens (tertiary/aromatic N) is 1. The molecule has 1 aliphatic rings. The Morgan fingerprint density at radius 3 is 2.59 bits per heavy atom. The third-order valence-corrected chi connectivity index (χ3v) is 7.63. The van der Waals surface area contributed by atoms with Crippen molar-refractivity contribution < 1.29 is 27.1 Å². The van der Waals surface area contributed by atoms with Crippen molar-refractivity contribution in [2.75, 3.05) is 20.2 Å². The molecule has 0 unspecified atom stereocenters. The van der Waals surface area contributed by atoms with Gasteiger partial charge in [0.15, 0.2) is 0 Å². The molecular weight excluding hydrogens is 458 g/mol. The number of carbonyl (C=O) groups excluding carboxylic acids is 1. The van der Waals surface area contributed by atoms with Crippen molar-refractivity contribution in [3.63, 3.8) is 0 Å². The third-order valence-electron chi connectivity index (χ3n) is 5.25. The number of halogens is 1.